The Hall–Kier alpha value is -2.40. The maximum Gasteiger partial charge on any atom is 0.257 e. The highest BCUT2D eigenvalue weighted by Crippen LogP contribution is 2.13. The van der Waals surface area contributed by atoms with Gasteiger partial charge in [0.1, 0.15) is 6.61 Å². The lowest BCUT2D eigenvalue weighted by Gasteiger charge is -2.19. The molecule has 0 fully saturated rings. The number of hydrogen-bond donors (Lipinski definition) is 1. The average molecular weight is 328 g/mol. The zero-order valence-electron chi connectivity index (χ0n) is 14.6. The van der Waals surface area contributed by atoms with Crippen molar-refractivity contribution in [1.82, 2.24) is 4.98 Å². The number of aromatic nitrogens is 1. The van der Waals surface area contributed by atoms with Gasteiger partial charge in [-0.3, -0.25) is 4.79 Å². The number of pyridine rings is 1. The predicted octanol–water partition coefficient (Wildman–Crippen LogP) is 3.84. The van der Waals surface area contributed by atoms with Gasteiger partial charge in [0.05, 0.1) is 17.8 Å². The van der Waals surface area contributed by atoms with E-state index < -0.39 is 0 Å². The van der Waals surface area contributed by atoms with Gasteiger partial charge in [0.15, 0.2) is 0 Å². The maximum absolute atomic E-state index is 12.2. The van der Waals surface area contributed by atoms with Gasteiger partial charge in [-0.15, -0.1) is 0 Å². The molecule has 0 saturated heterocycles. The smallest absolute Gasteiger partial charge is 0.257 e. The lowest BCUT2D eigenvalue weighted by atomic mass is 10.2. The van der Waals surface area contributed by atoms with Crippen molar-refractivity contribution >= 4 is 11.6 Å². The van der Waals surface area contributed by atoms with E-state index in [4.69, 9.17) is 9.47 Å². The number of amides is 1. The van der Waals surface area contributed by atoms with Gasteiger partial charge in [-0.05, 0) is 51.5 Å². The van der Waals surface area contributed by atoms with E-state index in [2.05, 4.69) is 10.3 Å². The van der Waals surface area contributed by atoms with Crippen molar-refractivity contribution in [3.63, 3.8) is 0 Å². The van der Waals surface area contributed by atoms with E-state index in [1.807, 2.05) is 52.0 Å². The Labute approximate surface area is 143 Å². The number of anilines is 1. The Morgan fingerprint density at radius 2 is 1.96 bits per heavy atom. The summed E-state index contributed by atoms with van der Waals surface area (Å²) in [4.78, 5) is 16.3. The molecule has 1 heterocycles. The SMILES string of the molecule is Cc1cccc(NC(=O)c2ccc(OCCOC(C)(C)C)nc2)c1. The van der Waals surface area contributed by atoms with Gasteiger partial charge in [-0.25, -0.2) is 4.98 Å². The molecule has 0 unspecified atom stereocenters. The number of nitrogens with one attached hydrogen (secondary N) is 1. The van der Waals surface area contributed by atoms with Crippen LogP contribution in [0.4, 0.5) is 5.69 Å². The molecule has 2 rings (SSSR count). The van der Waals surface area contributed by atoms with Crippen molar-refractivity contribution in [2.24, 2.45) is 0 Å². The minimum absolute atomic E-state index is 0.186. The van der Waals surface area contributed by atoms with E-state index in [-0.39, 0.29) is 11.5 Å². The summed E-state index contributed by atoms with van der Waals surface area (Å²) in [5.41, 5.74) is 2.15. The van der Waals surface area contributed by atoms with Crippen molar-refractivity contribution in [3.05, 3.63) is 53.7 Å². The van der Waals surface area contributed by atoms with E-state index >= 15 is 0 Å². The Kier molecular flexibility index (Phi) is 5.93. The van der Waals surface area contributed by atoms with Crippen LogP contribution in [0.1, 0.15) is 36.7 Å². The fraction of sp³-hybridized carbons (Fsp3) is 0.368. The van der Waals surface area contributed by atoms with Crippen LogP contribution < -0.4 is 10.1 Å². The van der Waals surface area contributed by atoms with Crippen LogP contribution in [0.15, 0.2) is 42.6 Å². The molecule has 1 N–H and O–H groups in total. The molecule has 1 aromatic carbocycles. The van der Waals surface area contributed by atoms with Gasteiger partial charge in [-0.1, -0.05) is 12.1 Å². The summed E-state index contributed by atoms with van der Waals surface area (Å²) in [6, 6.07) is 11.0. The summed E-state index contributed by atoms with van der Waals surface area (Å²) < 4.78 is 11.1. The predicted molar refractivity (Wildman–Crippen MR) is 94.6 cm³/mol. The maximum atomic E-state index is 12.2. The monoisotopic (exact) mass is 328 g/mol. The number of hydrogen-bond acceptors (Lipinski definition) is 4. The van der Waals surface area contributed by atoms with E-state index in [1.54, 1.807) is 12.1 Å². The van der Waals surface area contributed by atoms with E-state index in [0.717, 1.165) is 11.3 Å². The Balaban J connectivity index is 1.86. The number of aryl methyl sites for hydroxylation is 1. The van der Waals surface area contributed by atoms with Crippen LogP contribution in [0.25, 0.3) is 0 Å². The second-order valence-corrected chi connectivity index (χ2v) is 6.52. The third-order valence-corrected chi connectivity index (χ3v) is 3.14. The Bertz CT molecular complexity index is 676. The number of benzene rings is 1. The third-order valence-electron chi connectivity index (χ3n) is 3.14. The summed E-state index contributed by atoms with van der Waals surface area (Å²) in [5, 5.41) is 2.85. The highest BCUT2D eigenvalue weighted by atomic mass is 16.5. The van der Waals surface area contributed by atoms with E-state index in [1.165, 1.54) is 6.20 Å². The van der Waals surface area contributed by atoms with Crippen LogP contribution in [-0.2, 0) is 4.74 Å². The second-order valence-electron chi connectivity index (χ2n) is 6.52. The van der Waals surface area contributed by atoms with Gasteiger partial charge in [-0.2, -0.15) is 0 Å². The van der Waals surface area contributed by atoms with Crippen LogP contribution in [0.5, 0.6) is 5.88 Å². The first kappa shape index (κ1) is 17.9. The molecule has 0 aliphatic rings. The van der Waals surface area contributed by atoms with Gasteiger partial charge in [0, 0.05) is 18.0 Å². The van der Waals surface area contributed by atoms with Crippen molar-refractivity contribution in [2.75, 3.05) is 18.5 Å². The molecule has 0 atom stereocenters. The fourth-order valence-corrected chi connectivity index (χ4v) is 2.02. The quantitative estimate of drug-likeness (QED) is 0.819. The van der Waals surface area contributed by atoms with Crippen LogP contribution in [0.2, 0.25) is 0 Å². The minimum atomic E-state index is -0.198. The van der Waals surface area contributed by atoms with Gasteiger partial charge in [0.25, 0.3) is 5.91 Å². The number of ether oxygens (including phenoxy) is 2. The first-order valence-corrected chi connectivity index (χ1v) is 7.94. The van der Waals surface area contributed by atoms with E-state index in [0.29, 0.717) is 24.7 Å². The van der Waals surface area contributed by atoms with Crippen LogP contribution in [0.3, 0.4) is 0 Å². The molecule has 5 nitrogen and oxygen atoms in total. The zero-order chi connectivity index (χ0) is 17.6. The molecular weight excluding hydrogens is 304 g/mol. The molecule has 1 aromatic heterocycles. The lowest BCUT2D eigenvalue weighted by molar-refractivity contribution is -0.0168. The Morgan fingerprint density at radius 1 is 1.17 bits per heavy atom. The van der Waals surface area contributed by atoms with Crippen molar-refractivity contribution in [3.8, 4) is 5.88 Å². The second kappa shape index (κ2) is 7.93. The number of carbonyl (C=O) groups excluding carboxylic acids is 1. The number of rotatable bonds is 6. The summed E-state index contributed by atoms with van der Waals surface area (Å²) in [6.45, 7) is 8.86. The van der Waals surface area contributed by atoms with Crippen molar-refractivity contribution < 1.29 is 14.3 Å². The van der Waals surface area contributed by atoms with Gasteiger partial charge < -0.3 is 14.8 Å². The molecule has 24 heavy (non-hydrogen) atoms. The lowest BCUT2D eigenvalue weighted by Crippen LogP contribution is -2.22. The molecule has 0 radical (unpaired) electrons. The molecule has 0 aliphatic carbocycles. The van der Waals surface area contributed by atoms with Gasteiger partial charge in [0.2, 0.25) is 5.88 Å². The molecule has 1 amide bonds. The summed E-state index contributed by atoms with van der Waals surface area (Å²) >= 11 is 0. The third kappa shape index (κ3) is 6.01. The standard InChI is InChI=1S/C19H24N2O3/c1-14-6-5-7-16(12-14)21-18(22)15-8-9-17(20-13-15)23-10-11-24-19(2,3)4/h5-9,12-13H,10-11H2,1-4H3,(H,21,22). The van der Waals surface area contributed by atoms with E-state index in [9.17, 15) is 4.79 Å². The summed E-state index contributed by atoms with van der Waals surface area (Å²) in [6.07, 6.45) is 1.51. The average Bonchev–Trinajstić information content (AvgIpc) is 2.51. The topological polar surface area (TPSA) is 60.5 Å². The number of nitrogens with zero attached hydrogens (tertiary/aromatic N) is 1. The summed E-state index contributed by atoms with van der Waals surface area (Å²) in [7, 11) is 0. The highest BCUT2D eigenvalue weighted by Gasteiger charge is 2.10. The van der Waals surface area contributed by atoms with Crippen LogP contribution in [0, 0.1) is 6.92 Å². The number of carbonyl (C=O) groups is 1. The largest absolute Gasteiger partial charge is 0.475 e. The zero-order valence-corrected chi connectivity index (χ0v) is 14.6. The normalized spacial score (nSPS) is 11.2. The van der Waals surface area contributed by atoms with Gasteiger partial charge >= 0.3 is 0 Å². The molecule has 0 aliphatic heterocycles. The molecule has 0 saturated carbocycles. The molecule has 5 heteroatoms. The molecular formula is C19H24N2O3. The summed E-state index contributed by atoms with van der Waals surface area (Å²) in [5.74, 6) is 0.273. The van der Waals surface area contributed by atoms with Crippen molar-refractivity contribution in [2.45, 2.75) is 33.3 Å². The minimum Gasteiger partial charge on any atom is -0.475 e. The van der Waals surface area contributed by atoms with Crippen LogP contribution >= 0.6 is 0 Å². The first-order chi connectivity index (χ1) is 11.3. The van der Waals surface area contributed by atoms with Crippen molar-refractivity contribution in [1.29, 1.82) is 0 Å². The molecule has 0 bridgehead atoms. The molecule has 2 aromatic rings. The highest BCUT2D eigenvalue weighted by molar-refractivity contribution is 6.04. The fourth-order valence-electron chi connectivity index (χ4n) is 2.02. The Morgan fingerprint density at radius 3 is 2.58 bits per heavy atom. The first-order valence-electron chi connectivity index (χ1n) is 7.94. The molecule has 128 valence electrons. The van der Waals surface area contributed by atoms with Crippen LogP contribution in [-0.4, -0.2) is 29.7 Å². The molecule has 0 spiro atoms.